The predicted octanol–water partition coefficient (Wildman–Crippen LogP) is 3.24. The third kappa shape index (κ3) is 5.39. The van der Waals surface area contributed by atoms with Crippen LogP contribution in [0, 0.1) is 0 Å². The number of aromatic nitrogens is 3. The van der Waals surface area contributed by atoms with E-state index in [1.54, 1.807) is 30.0 Å². The molecule has 0 fully saturated rings. The van der Waals surface area contributed by atoms with Crippen molar-refractivity contribution in [2.75, 3.05) is 24.9 Å². The van der Waals surface area contributed by atoms with E-state index in [2.05, 4.69) is 20.7 Å². The van der Waals surface area contributed by atoms with Crippen molar-refractivity contribution in [3.63, 3.8) is 0 Å². The molecule has 2 amide bonds. The van der Waals surface area contributed by atoms with Crippen molar-refractivity contribution in [1.82, 2.24) is 14.8 Å². The van der Waals surface area contributed by atoms with E-state index in [0.29, 0.717) is 23.0 Å². The first-order valence-corrected chi connectivity index (χ1v) is 11.8. The van der Waals surface area contributed by atoms with Crippen LogP contribution in [0.4, 0.5) is 16.4 Å². The summed E-state index contributed by atoms with van der Waals surface area (Å²) in [7, 11) is -0.839. The highest BCUT2D eigenvalue weighted by atomic mass is 32.2. The van der Waals surface area contributed by atoms with Crippen molar-refractivity contribution in [3.8, 4) is 28.6 Å². The fourth-order valence-corrected chi connectivity index (χ4v) is 3.85. The normalized spacial score (nSPS) is 11.1. The molecule has 0 spiro atoms. The average Bonchev–Trinajstić information content (AvgIpc) is 3.27. The molecule has 0 aliphatic heterocycles. The third-order valence-corrected chi connectivity index (χ3v) is 5.81. The molecule has 0 radical (unpaired) electrons. The second-order valence-electron chi connectivity index (χ2n) is 7.23. The lowest BCUT2D eigenvalue weighted by atomic mass is 10.2. The first-order chi connectivity index (χ1) is 16.8. The SMILES string of the molecule is COc1ccc(-n2nc(NC(=O)Nc3cccc(S(N)(=O)=O)c3)nc2-c2ccccc2)cc1OC. The fraction of sp³-hybridized carbons (Fsp3) is 0.0870. The van der Waals surface area contributed by atoms with Crippen LogP contribution in [0.3, 0.4) is 0 Å². The summed E-state index contributed by atoms with van der Waals surface area (Å²) < 4.78 is 35.4. The number of benzene rings is 3. The number of carbonyl (C=O) groups is 1. The van der Waals surface area contributed by atoms with Gasteiger partial charge in [-0.1, -0.05) is 36.4 Å². The number of nitrogens with one attached hydrogen (secondary N) is 2. The maximum Gasteiger partial charge on any atom is 0.326 e. The number of methoxy groups -OCH3 is 2. The van der Waals surface area contributed by atoms with Gasteiger partial charge in [-0.3, -0.25) is 5.32 Å². The summed E-state index contributed by atoms with van der Waals surface area (Å²) in [6.45, 7) is 0. The minimum Gasteiger partial charge on any atom is -0.493 e. The number of carbonyl (C=O) groups excluding carboxylic acids is 1. The van der Waals surface area contributed by atoms with Crippen LogP contribution < -0.4 is 25.2 Å². The monoisotopic (exact) mass is 494 g/mol. The molecule has 3 aromatic carbocycles. The van der Waals surface area contributed by atoms with E-state index in [1.165, 1.54) is 31.4 Å². The van der Waals surface area contributed by atoms with Crippen molar-refractivity contribution in [2.24, 2.45) is 5.14 Å². The lowest BCUT2D eigenvalue weighted by Crippen LogP contribution is -2.21. The molecule has 180 valence electrons. The summed E-state index contributed by atoms with van der Waals surface area (Å²) in [6.07, 6.45) is 0. The fourth-order valence-electron chi connectivity index (χ4n) is 3.29. The van der Waals surface area contributed by atoms with Gasteiger partial charge in [0.2, 0.25) is 10.0 Å². The van der Waals surface area contributed by atoms with Gasteiger partial charge >= 0.3 is 6.03 Å². The molecule has 12 heteroatoms. The number of nitrogens with zero attached hydrogens (tertiary/aromatic N) is 3. The van der Waals surface area contributed by atoms with Gasteiger partial charge in [-0.25, -0.2) is 23.0 Å². The molecule has 0 aliphatic carbocycles. The second-order valence-corrected chi connectivity index (χ2v) is 8.79. The van der Waals surface area contributed by atoms with E-state index in [9.17, 15) is 13.2 Å². The molecule has 11 nitrogen and oxygen atoms in total. The molecule has 0 atom stereocenters. The summed E-state index contributed by atoms with van der Waals surface area (Å²) in [6, 6.07) is 19.5. The Labute approximate surface area is 201 Å². The lowest BCUT2D eigenvalue weighted by Gasteiger charge is -2.11. The average molecular weight is 495 g/mol. The number of rotatable bonds is 7. The topological polar surface area (TPSA) is 150 Å². The van der Waals surface area contributed by atoms with Crippen LogP contribution >= 0.6 is 0 Å². The Balaban J connectivity index is 1.66. The minimum atomic E-state index is -3.91. The molecule has 0 unspecified atom stereocenters. The zero-order valence-electron chi connectivity index (χ0n) is 18.8. The highest BCUT2D eigenvalue weighted by Crippen LogP contribution is 2.31. The van der Waals surface area contributed by atoms with E-state index >= 15 is 0 Å². The zero-order valence-corrected chi connectivity index (χ0v) is 19.6. The number of nitrogens with two attached hydrogens (primary N) is 1. The molecule has 4 N–H and O–H groups in total. The van der Waals surface area contributed by atoms with E-state index in [0.717, 1.165) is 5.56 Å². The summed E-state index contributed by atoms with van der Waals surface area (Å²) in [5.41, 5.74) is 1.63. The van der Waals surface area contributed by atoms with Crippen LogP contribution in [0.5, 0.6) is 11.5 Å². The molecule has 1 aromatic heterocycles. The number of anilines is 2. The lowest BCUT2D eigenvalue weighted by molar-refractivity contribution is 0.262. The van der Waals surface area contributed by atoms with Gasteiger partial charge in [0, 0.05) is 17.3 Å². The Hall–Kier alpha value is -4.42. The highest BCUT2D eigenvalue weighted by Gasteiger charge is 2.17. The van der Waals surface area contributed by atoms with E-state index in [-0.39, 0.29) is 16.5 Å². The van der Waals surface area contributed by atoms with Crippen molar-refractivity contribution in [2.45, 2.75) is 4.90 Å². The van der Waals surface area contributed by atoms with Gasteiger partial charge in [0.1, 0.15) is 0 Å². The zero-order chi connectivity index (χ0) is 25.0. The van der Waals surface area contributed by atoms with Crippen molar-refractivity contribution < 1.29 is 22.7 Å². The molecular formula is C23H22N6O5S. The van der Waals surface area contributed by atoms with Crippen LogP contribution in [-0.4, -0.2) is 43.4 Å². The van der Waals surface area contributed by atoms with Gasteiger partial charge in [0.25, 0.3) is 5.95 Å². The number of sulfonamides is 1. The number of hydrogen-bond donors (Lipinski definition) is 3. The highest BCUT2D eigenvalue weighted by molar-refractivity contribution is 7.89. The molecule has 0 bridgehead atoms. The van der Waals surface area contributed by atoms with Gasteiger partial charge in [-0.05, 0) is 30.3 Å². The standard InChI is InChI=1S/C23H22N6O5S/c1-33-19-12-11-17(14-20(19)34-2)29-21(15-7-4-3-5-8-15)26-22(28-29)27-23(30)25-16-9-6-10-18(13-16)35(24,31)32/h3-14H,1-2H3,(H2,24,31,32)(H2,25,27,28,30). The smallest absolute Gasteiger partial charge is 0.326 e. The quantitative estimate of drug-likeness (QED) is 0.357. The summed E-state index contributed by atoms with van der Waals surface area (Å²) >= 11 is 0. The van der Waals surface area contributed by atoms with Crippen LogP contribution in [0.2, 0.25) is 0 Å². The summed E-state index contributed by atoms with van der Waals surface area (Å²) in [5.74, 6) is 1.56. The number of urea groups is 1. The molecule has 4 rings (SSSR count). The number of ether oxygens (including phenoxy) is 2. The molecule has 0 saturated carbocycles. The molecule has 35 heavy (non-hydrogen) atoms. The number of primary sulfonamides is 1. The van der Waals surface area contributed by atoms with Gasteiger partial charge in [0.15, 0.2) is 17.3 Å². The van der Waals surface area contributed by atoms with E-state index < -0.39 is 16.1 Å². The van der Waals surface area contributed by atoms with Gasteiger partial charge in [-0.15, -0.1) is 5.10 Å². The third-order valence-electron chi connectivity index (χ3n) is 4.90. The molecule has 4 aromatic rings. The van der Waals surface area contributed by atoms with Crippen molar-refractivity contribution in [3.05, 3.63) is 72.8 Å². The predicted molar refractivity (Wildman–Crippen MR) is 130 cm³/mol. The van der Waals surface area contributed by atoms with Crippen molar-refractivity contribution >= 4 is 27.7 Å². The van der Waals surface area contributed by atoms with Crippen LogP contribution in [0.1, 0.15) is 0 Å². The van der Waals surface area contributed by atoms with Crippen molar-refractivity contribution in [1.29, 1.82) is 0 Å². The molecule has 1 heterocycles. The van der Waals surface area contributed by atoms with Gasteiger partial charge in [0.05, 0.1) is 24.8 Å². The minimum absolute atomic E-state index is 0.0266. The summed E-state index contributed by atoms with van der Waals surface area (Å²) in [5, 5.41) is 14.7. The Morgan fingerprint density at radius 2 is 1.66 bits per heavy atom. The van der Waals surface area contributed by atoms with Gasteiger partial charge < -0.3 is 14.8 Å². The second kappa shape index (κ2) is 9.83. The van der Waals surface area contributed by atoms with Crippen LogP contribution in [0.25, 0.3) is 17.1 Å². The molecule has 0 aliphatic rings. The maximum absolute atomic E-state index is 12.6. The Kier molecular flexibility index (Phi) is 6.66. The van der Waals surface area contributed by atoms with Crippen LogP contribution in [0.15, 0.2) is 77.7 Å². The molecule has 0 saturated heterocycles. The largest absolute Gasteiger partial charge is 0.493 e. The number of hydrogen-bond acceptors (Lipinski definition) is 7. The Morgan fingerprint density at radius 1 is 0.914 bits per heavy atom. The Bertz CT molecular complexity index is 1470. The maximum atomic E-state index is 12.6. The first kappa shape index (κ1) is 23.7. The Morgan fingerprint density at radius 3 is 2.34 bits per heavy atom. The van der Waals surface area contributed by atoms with Gasteiger partial charge in [-0.2, -0.15) is 4.98 Å². The summed E-state index contributed by atoms with van der Waals surface area (Å²) in [4.78, 5) is 16.9. The van der Waals surface area contributed by atoms with Crippen LogP contribution in [-0.2, 0) is 10.0 Å². The van der Waals surface area contributed by atoms with E-state index in [4.69, 9.17) is 14.6 Å². The first-order valence-electron chi connectivity index (χ1n) is 10.2. The van der Waals surface area contributed by atoms with E-state index in [1.807, 2.05) is 30.3 Å². The number of amides is 2. The molecular weight excluding hydrogens is 472 g/mol.